The molecule has 0 unspecified atom stereocenters. The molecular formula is C25H28N2O4S. The Kier molecular flexibility index (Phi) is 7.20. The maximum absolute atomic E-state index is 12.7. The largest absolute Gasteiger partial charge is 0.492 e. The number of para-hydroxylation sites is 1. The molecule has 0 spiro atoms. The number of sulfonamides is 1. The summed E-state index contributed by atoms with van der Waals surface area (Å²) in [5.74, 6) is 0.516. The van der Waals surface area contributed by atoms with Crippen LogP contribution in [0.3, 0.4) is 0 Å². The van der Waals surface area contributed by atoms with Crippen LogP contribution in [0.15, 0.2) is 71.6 Å². The van der Waals surface area contributed by atoms with Crippen molar-refractivity contribution in [3.63, 3.8) is 0 Å². The number of benzene rings is 3. The van der Waals surface area contributed by atoms with Gasteiger partial charge < -0.3 is 10.1 Å². The Morgan fingerprint density at radius 2 is 1.56 bits per heavy atom. The summed E-state index contributed by atoms with van der Waals surface area (Å²) < 4.78 is 33.8. The van der Waals surface area contributed by atoms with Crippen molar-refractivity contribution in [2.75, 3.05) is 16.6 Å². The molecule has 2 N–H and O–H groups in total. The molecule has 3 rings (SSSR count). The maximum Gasteiger partial charge on any atom is 0.261 e. The zero-order valence-corrected chi connectivity index (χ0v) is 19.5. The van der Waals surface area contributed by atoms with Gasteiger partial charge in [-0.25, -0.2) is 8.42 Å². The summed E-state index contributed by atoms with van der Waals surface area (Å²) in [6, 6.07) is 18.5. The fourth-order valence-corrected chi connectivity index (χ4v) is 4.02. The summed E-state index contributed by atoms with van der Waals surface area (Å²) in [6.07, 6.45) is 0. The topological polar surface area (TPSA) is 84.5 Å². The molecule has 0 aromatic heterocycles. The van der Waals surface area contributed by atoms with Gasteiger partial charge in [0, 0.05) is 11.4 Å². The van der Waals surface area contributed by atoms with Crippen molar-refractivity contribution in [2.24, 2.45) is 5.92 Å². The third-order valence-corrected chi connectivity index (χ3v) is 6.28. The van der Waals surface area contributed by atoms with Crippen molar-refractivity contribution in [3.05, 3.63) is 83.4 Å². The Hall–Kier alpha value is -3.32. The van der Waals surface area contributed by atoms with Crippen LogP contribution in [-0.2, 0) is 10.0 Å². The van der Waals surface area contributed by atoms with Crippen LogP contribution in [0.25, 0.3) is 0 Å². The highest BCUT2D eigenvalue weighted by Crippen LogP contribution is 2.23. The fraction of sp³-hybridized carbons (Fsp3) is 0.240. The van der Waals surface area contributed by atoms with E-state index in [4.69, 9.17) is 4.74 Å². The number of carbonyl (C=O) groups excluding carboxylic acids is 1. The molecule has 168 valence electrons. The van der Waals surface area contributed by atoms with Gasteiger partial charge in [0.15, 0.2) is 0 Å². The third-order valence-electron chi connectivity index (χ3n) is 4.89. The Morgan fingerprint density at radius 3 is 2.22 bits per heavy atom. The predicted octanol–water partition coefficient (Wildman–Crippen LogP) is 5.39. The first-order valence-corrected chi connectivity index (χ1v) is 11.9. The van der Waals surface area contributed by atoms with Gasteiger partial charge >= 0.3 is 0 Å². The average molecular weight is 453 g/mol. The zero-order chi connectivity index (χ0) is 23.3. The molecule has 3 aromatic rings. The van der Waals surface area contributed by atoms with Gasteiger partial charge in [-0.15, -0.1) is 0 Å². The lowest BCUT2D eigenvalue weighted by atomic mass is 10.1. The molecule has 0 bridgehead atoms. The van der Waals surface area contributed by atoms with Crippen molar-refractivity contribution in [2.45, 2.75) is 32.6 Å². The van der Waals surface area contributed by atoms with E-state index in [1.165, 1.54) is 12.1 Å². The number of rotatable bonds is 8. The average Bonchev–Trinajstić information content (AvgIpc) is 2.75. The van der Waals surface area contributed by atoms with Gasteiger partial charge in [0.2, 0.25) is 0 Å². The summed E-state index contributed by atoms with van der Waals surface area (Å²) in [4.78, 5) is 12.8. The molecule has 0 aliphatic heterocycles. The monoisotopic (exact) mass is 452 g/mol. The second kappa shape index (κ2) is 9.87. The molecule has 0 atom stereocenters. The molecule has 0 fully saturated rings. The number of hydrogen-bond donors (Lipinski definition) is 2. The van der Waals surface area contributed by atoms with Crippen LogP contribution in [-0.4, -0.2) is 20.9 Å². The Labute approximate surface area is 189 Å². The van der Waals surface area contributed by atoms with Crippen molar-refractivity contribution in [3.8, 4) is 5.75 Å². The maximum atomic E-state index is 12.7. The summed E-state index contributed by atoms with van der Waals surface area (Å²) in [6.45, 7) is 8.47. The normalized spacial score (nSPS) is 11.3. The van der Waals surface area contributed by atoms with Gasteiger partial charge in [0.1, 0.15) is 5.75 Å². The van der Waals surface area contributed by atoms with E-state index in [-0.39, 0.29) is 10.8 Å². The van der Waals surface area contributed by atoms with Crippen LogP contribution in [0.5, 0.6) is 5.75 Å². The van der Waals surface area contributed by atoms with E-state index in [2.05, 4.69) is 10.0 Å². The molecule has 32 heavy (non-hydrogen) atoms. The summed E-state index contributed by atoms with van der Waals surface area (Å²) >= 11 is 0. The van der Waals surface area contributed by atoms with Crippen LogP contribution in [0.1, 0.15) is 35.3 Å². The summed E-state index contributed by atoms with van der Waals surface area (Å²) in [5.41, 5.74) is 3.49. The molecule has 0 aliphatic carbocycles. The van der Waals surface area contributed by atoms with E-state index in [1.54, 1.807) is 42.5 Å². The molecule has 6 nitrogen and oxygen atoms in total. The molecule has 1 amide bonds. The number of amides is 1. The van der Waals surface area contributed by atoms with Gasteiger partial charge in [-0.3, -0.25) is 9.52 Å². The predicted molar refractivity (Wildman–Crippen MR) is 128 cm³/mol. The number of hydrogen-bond acceptors (Lipinski definition) is 4. The number of nitrogens with one attached hydrogen (secondary N) is 2. The van der Waals surface area contributed by atoms with Gasteiger partial charge in [0.25, 0.3) is 15.9 Å². The SMILES string of the molecule is Cc1ccc(NS(=O)(=O)c2ccc(NC(=O)c3ccccc3OCC(C)C)cc2)cc1C. The lowest BCUT2D eigenvalue weighted by molar-refractivity contribution is 0.102. The van der Waals surface area contributed by atoms with E-state index >= 15 is 0 Å². The minimum Gasteiger partial charge on any atom is -0.492 e. The van der Waals surface area contributed by atoms with E-state index in [0.29, 0.717) is 35.2 Å². The van der Waals surface area contributed by atoms with Crippen molar-refractivity contribution < 1.29 is 17.9 Å². The first-order chi connectivity index (χ1) is 15.2. The lowest BCUT2D eigenvalue weighted by Crippen LogP contribution is -2.15. The molecule has 0 saturated heterocycles. The van der Waals surface area contributed by atoms with Crippen LogP contribution in [0.2, 0.25) is 0 Å². The molecule has 7 heteroatoms. The minimum atomic E-state index is -3.75. The van der Waals surface area contributed by atoms with E-state index in [1.807, 2.05) is 39.8 Å². The van der Waals surface area contributed by atoms with Gasteiger partial charge in [-0.05, 0) is 79.4 Å². The highest BCUT2D eigenvalue weighted by atomic mass is 32.2. The van der Waals surface area contributed by atoms with Crippen molar-refractivity contribution in [1.82, 2.24) is 0 Å². The fourth-order valence-electron chi connectivity index (χ4n) is 2.97. The van der Waals surface area contributed by atoms with E-state index < -0.39 is 10.0 Å². The molecule has 0 saturated carbocycles. The molecule has 0 aliphatic rings. The number of anilines is 2. The third kappa shape index (κ3) is 5.88. The van der Waals surface area contributed by atoms with Crippen molar-refractivity contribution in [1.29, 1.82) is 0 Å². The number of aryl methyl sites for hydroxylation is 2. The Morgan fingerprint density at radius 1 is 0.906 bits per heavy atom. The quantitative estimate of drug-likeness (QED) is 0.480. The van der Waals surface area contributed by atoms with Gasteiger partial charge in [0.05, 0.1) is 17.1 Å². The van der Waals surface area contributed by atoms with Crippen LogP contribution < -0.4 is 14.8 Å². The number of ether oxygens (including phenoxy) is 1. The smallest absolute Gasteiger partial charge is 0.261 e. The zero-order valence-electron chi connectivity index (χ0n) is 18.7. The van der Waals surface area contributed by atoms with Crippen LogP contribution in [0.4, 0.5) is 11.4 Å². The number of carbonyl (C=O) groups is 1. The minimum absolute atomic E-state index is 0.106. The van der Waals surface area contributed by atoms with E-state index in [9.17, 15) is 13.2 Å². The van der Waals surface area contributed by atoms with Crippen LogP contribution >= 0.6 is 0 Å². The van der Waals surface area contributed by atoms with Crippen molar-refractivity contribution >= 4 is 27.3 Å². The van der Waals surface area contributed by atoms with Gasteiger partial charge in [-0.2, -0.15) is 0 Å². The first-order valence-electron chi connectivity index (χ1n) is 10.4. The summed E-state index contributed by atoms with van der Waals surface area (Å²) in [7, 11) is -3.75. The first kappa shape index (κ1) is 23.3. The molecule has 3 aromatic carbocycles. The van der Waals surface area contributed by atoms with Crippen LogP contribution in [0, 0.1) is 19.8 Å². The highest BCUT2D eigenvalue weighted by Gasteiger charge is 2.16. The molecule has 0 heterocycles. The second-order valence-corrected chi connectivity index (χ2v) is 9.77. The Bertz CT molecular complexity index is 1200. The van der Waals surface area contributed by atoms with E-state index in [0.717, 1.165) is 11.1 Å². The highest BCUT2D eigenvalue weighted by molar-refractivity contribution is 7.92. The second-order valence-electron chi connectivity index (χ2n) is 8.08. The Balaban J connectivity index is 1.72. The molecule has 0 radical (unpaired) electrons. The summed E-state index contributed by atoms with van der Waals surface area (Å²) in [5, 5.41) is 2.79. The standard InChI is InChI=1S/C25H28N2O4S/c1-17(2)16-31-24-8-6-5-7-23(24)25(28)26-20-11-13-22(14-12-20)32(29,30)27-21-10-9-18(3)19(4)15-21/h5-15,17,27H,16H2,1-4H3,(H,26,28). The lowest BCUT2D eigenvalue weighted by Gasteiger charge is -2.13. The molecular weight excluding hydrogens is 424 g/mol. The van der Waals surface area contributed by atoms with Gasteiger partial charge in [-0.1, -0.05) is 32.0 Å².